The molecule has 2 N–H and O–H groups in total. The number of aromatic amines is 1. The normalized spacial score (nSPS) is 16.4. The van der Waals surface area contributed by atoms with E-state index < -0.39 is 6.10 Å². The van der Waals surface area contributed by atoms with Gasteiger partial charge in [-0.05, 0) is 37.6 Å². The van der Waals surface area contributed by atoms with Crippen LogP contribution in [0, 0.1) is 11.3 Å². The van der Waals surface area contributed by atoms with Crippen LogP contribution in [0.1, 0.15) is 30.6 Å². The zero-order valence-electron chi connectivity index (χ0n) is 18.2. The number of hydrogen-bond donors (Lipinski definition) is 2. The number of fused-ring (bicyclic) bond motifs is 1. The largest absolute Gasteiger partial charge is 0.486 e. The van der Waals surface area contributed by atoms with Crippen LogP contribution in [-0.2, 0) is 4.74 Å². The molecule has 1 saturated heterocycles. The van der Waals surface area contributed by atoms with Gasteiger partial charge in [-0.25, -0.2) is 4.98 Å². The molecule has 10 heteroatoms. The van der Waals surface area contributed by atoms with E-state index in [1.807, 2.05) is 25.1 Å². The second-order valence-electron chi connectivity index (χ2n) is 7.99. The maximum Gasteiger partial charge on any atom is 0.144 e. The van der Waals surface area contributed by atoms with E-state index in [0.29, 0.717) is 51.6 Å². The van der Waals surface area contributed by atoms with Crippen molar-refractivity contribution in [3.8, 4) is 23.1 Å². The topological polar surface area (TPSA) is 109 Å². The minimum absolute atomic E-state index is 0.153. The predicted octanol–water partition coefficient (Wildman–Crippen LogP) is 5.54. The first-order valence-corrected chi connectivity index (χ1v) is 11.5. The van der Waals surface area contributed by atoms with Crippen molar-refractivity contribution in [2.45, 2.75) is 25.5 Å². The lowest BCUT2D eigenvalue weighted by Gasteiger charge is -2.17. The lowest BCUT2D eigenvalue weighted by molar-refractivity contribution is 0.195. The molecule has 0 bridgehead atoms. The molecule has 1 aromatic carbocycles. The van der Waals surface area contributed by atoms with E-state index in [4.69, 9.17) is 32.7 Å². The molecule has 0 saturated carbocycles. The Morgan fingerprint density at radius 1 is 1.24 bits per heavy atom. The molecule has 1 aliphatic heterocycles. The van der Waals surface area contributed by atoms with Gasteiger partial charge in [0.1, 0.15) is 29.4 Å². The van der Waals surface area contributed by atoms with Gasteiger partial charge in [-0.15, -0.1) is 0 Å². The van der Waals surface area contributed by atoms with Crippen LogP contribution < -0.4 is 10.1 Å². The van der Waals surface area contributed by atoms with Crippen LogP contribution in [0.3, 0.4) is 0 Å². The highest BCUT2D eigenvalue weighted by Crippen LogP contribution is 2.35. The molecule has 172 valence electrons. The molecule has 34 heavy (non-hydrogen) atoms. The molecular weight excluding hydrogens is 475 g/mol. The molecule has 4 aromatic rings. The van der Waals surface area contributed by atoms with Gasteiger partial charge in [0.05, 0.1) is 33.8 Å². The Balaban J connectivity index is 1.45. The molecular formula is C24H20Cl2N6O2. The third-order valence-electron chi connectivity index (χ3n) is 5.70. The number of H-pyrrole nitrogens is 1. The lowest BCUT2D eigenvalue weighted by Crippen LogP contribution is -2.20. The number of anilines is 1. The number of benzene rings is 1. The molecule has 0 aliphatic carbocycles. The smallest absolute Gasteiger partial charge is 0.144 e. The number of rotatable bonds is 6. The molecule has 0 unspecified atom stereocenters. The van der Waals surface area contributed by atoms with Crippen molar-refractivity contribution in [1.82, 2.24) is 20.2 Å². The molecule has 0 radical (unpaired) electrons. The quantitative estimate of drug-likeness (QED) is 0.362. The minimum atomic E-state index is -0.396. The van der Waals surface area contributed by atoms with Gasteiger partial charge in [0.15, 0.2) is 0 Å². The van der Waals surface area contributed by atoms with E-state index in [-0.39, 0.29) is 6.04 Å². The van der Waals surface area contributed by atoms with Gasteiger partial charge in [-0.3, -0.25) is 10.1 Å². The van der Waals surface area contributed by atoms with Crippen LogP contribution in [0.25, 0.3) is 22.2 Å². The summed E-state index contributed by atoms with van der Waals surface area (Å²) in [5.41, 5.74) is 3.35. The summed E-state index contributed by atoms with van der Waals surface area (Å²) in [6.07, 6.45) is 5.28. The molecule has 1 aliphatic rings. The van der Waals surface area contributed by atoms with E-state index in [2.05, 4.69) is 31.6 Å². The average Bonchev–Trinajstić information content (AvgIpc) is 3.49. The van der Waals surface area contributed by atoms with Crippen LogP contribution in [0.4, 0.5) is 5.82 Å². The summed E-state index contributed by atoms with van der Waals surface area (Å²) < 4.78 is 11.5. The van der Waals surface area contributed by atoms with Gasteiger partial charge in [-0.2, -0.15) is 10.4 Å². The van der Waals surface area contributed by atoms with Crippen molar-refractivity contribution in [3.63, 3.8) is 0 Å². The fourth-order valence-corrected chi connectivity index (χ4v) is 4.67. The second-order valence-corrected chi connectivity index (χ2v) is 8.81. The highest BCUT2D eigenvalue weighted by molar-refractivity contribution is 6.35. The van der Waals surface area contributed by atoms with Gasteiger partial charge >= 0.3 is 0 Å². The Labute approximate surface area is 205 Å². The Morgan fingerprint density at radius 3 is 2.79 bits per heavy atom. The van der Waals surface area contributed by atoms with Crippen molar-refractivity contribution in [3.05, 3.63) is 64.0 Å². The maximum absolute atomic E-state index is 9.69. The molecule has 3 aromatic heterocycles. The minimum Gasteiger partial charge on any atom is -0.486 e. The van der Waals surface area contributed by atoms with Crippen LogP contribution in [0.5, 0.6) is 5.75 Å². The van der Waals surface area contributed by atoms with Crippen molar-refractivity contribution in [2.75, 3.05) is 18.5 Å². The van der Waals surface area contributed by atoms with Gasteiger partial charge < -0.3 is 14.8 Å². The third kappa shape index (κ3) is 4.38. The van der Waals surface area contributed by atoms with Gasteiger partial charge in [0.2, 0.25) is 0 Å². The summed E-state index contributed by atoms with van der Waals surface area (Å²) in [5, 5.41) is 22.2. The first-order valence-electron chi connectivity index (χ1n) is 10.7. The maximum atomic E-state index is 9.69. The van der Waals surface area contributed by atoms with Crippen LogP contribution in [0.2, 0.25) is 10.0 Å². The van der Waals surface area contributed by atoms with Gasteiger partial charge in [0, 0.05) is 41.7 Å². The van der Waals surface area contributed by atoms with Gasteiger partial charge in [-0.1, -0.05) is 23.2 Å². The predicted molar refractivity (Wildman–Crippen MR) is 130 cm³/mol. The summed E-state index contributed by atoms with van der Waals surface area (Å²) in [5.74, 6) is 1.17. The second kappa shape index (κ2) is 9.47. The fourth-order valence-electron chi connectivity index (χ4n) is 4.00. The van der Waals surface area contributed by atoms with Gasteiger partial charge in [0.25, 0.3) is 0 Å². The Hall–Kier alpha value is -3.38. The Bertz CT molecular complexity index is 1370. The van der Waals surface area contributed by atoms with E-state index in [1.54, 1.807) is 12.3 Å². The third-order valence-corrected chi connectivity index (χ3v) is 6.30. The van der Waals surface area contributed by atoms with Crippen LogP contribution >= 0.6 is 23.2 Å². The standard InChI is InChI=1S/C24H20Cl2N6O2/c1-13(22-19(25)10-28-11-20(22)26)34-17-2-3-21-18(7-17)23(32-31-21)15-6-14(8-27)24(29-9-15)30-16-4-5-33-12-16/h2-3,6-7,9-11,13,16H,4-5,12H2,1H3,(H,29,30)(H,31,32)/t13-,16-/m1/s1. The first-order chi connectivity index (χ1) is 16.5. The molecule has 0 spiro atoms. The van der Waals surface area contributed by atoms with E-state index in [9.17, 15) is 5.26 Å². The summed E-state index contributed by atoms with van der Waals surface area (Å²) in [4.78, 5) is 8.49. The zero-order chi connectivity index (χ0) is 23.7. The number of pyridine rings is 2. The molecule has 2 atom stereocenters. The van der Waals surface area contributed by atoms with E-state index in [0.717, 1.165) is 22.9 Å². The monoisotopic (exact) mass is 494 g/mol. The summed E-state index contributed by atoms with van der Waals surface area (Å²) in [6.45, 7) is 3.19. The summed E-state index contributed by atoms with van der Waals surface area (Å²) in [7, 11) is 0. The fraction of sp³-hybridized carbons (Fsp3) is 0.250. The Morgan fingerprint density at radius 2 is 2.06 bits per heavy atom. The molecule has 5 rings (SSSR count). The molecule has 1 fully saturated rings. The van der Waals surface area contributed by atoms with Crippen molar-refractivity contribution in [1.29, 1.82) is 5.26 Å². The zero-order valence-corrected chi connectivity index (χ0v) is 19.7. The van der Waals surface area contributed by atoms with Crippen molar-refractivity contribution in [2.24, 2.45) is 0 Å². The SMILES string of the molecule is C[C@@H](Oc1ccc2[nH]nc(-c3cnc(N[C@@H]4CCOC4)c(C#N)c3)c2c1)c1c(Cl)cncc1Cl. The summed E-state index contributed by atoms with van der Waals surface area (Å²) >= 11 is 12.6. The first kappa shape index (κ1) is 22.4. The highest BCUT2D eigenvalue weighted by atomic mass is 35.5. The lowest BCUT2D eigenvalue weighted by atomic mass is 10.1. The number of ether oxygens (including phenoxy) is 2. The number of nitriles is 1. The van der Waals surface area contributed by atoms with E-state index in [1.165, 1.54) is 12.4 Å². The number of halogens is 2. The molecule has 0 amide bonds. The molecule has 8 nitrogen and oxygen atoms in total. The van der Waals surface area contributed by atoms with Crippen molar-refractivity contribution < 1.29 is 9.47 Å². The van der Waals surface area contributed by atoms with Crippen LogP contribution in [-0.4, -0.2) is 39.4 Å². The average molecular weight is 495 g/mol. The van der Waals surface area contributed by atoms with Crippen molar-refractivity contribution >= 4 is 39.9 Å². The number of nitrogens with one attached hydrogen (secondary N) is 2. The van der Waals surface area contributed by atoms with Crippen LogP contribution in [0.15, 0.2) is 42.9 Å². The summed E-state index contributed by atoms with van der Waals surface area (Å²) in [6, 6.07) is 9.79. The highest BCUT2D eigenvalue weighted by Gasteiger charge is 2.20. The Kier molecular flexibility index (Phi) is 6.24. The van der Waals surface area contributed by atoms with E-state index >= 15 is 0 Å². The molecule has 4 heterocycles. The number of hydrogen-bond acceptors (Lipinski definition) is 7. The number of aromatic nitrogens is 4. The number of nitrogens with zero attached hydrogens (tertiary/aromatic N) is 4.